The Hall–Kier alpha value is -8.66. The number of para-hydroxylation sites is 5. The van der Waals surface area contributed by atoms with Crippen molar-refractivity contribution in [3.8, 4) is 22.3 Å². The molecule has 1 spiro atoms. The molecule has 0 saturated heterocycles. The maximum Gasteiger partial charge on any atom is 0.143 e. The average molecular weight is 841 g/mol. The Morgan fingerprint density at radius 1 is 0.318 bits per heavy atom. The second kappa shape index (κ2) is 14.2. The molecular formula is C63H40N2O. The van der Waals surface area contributed by atoms with Crippen molar-refractivity contribution in [2.45, 2.75) is 5.41 Å². The summed E-state index contributed by atoms with van der Waals surface area (Å²) in [6, 6.07) is 88.7. The van der Waals surface area contributed by atoms with Gasteiger partial charge in [0.15, 0.2) is 0 Å². The minimum Gasteiger partial charge on any atom is -0.455 e. The standard InChI is InChI=1S/C63H40N2O/c1-5-19-43(20-6-1)64(44-21-7-2-8-22-44)47-34-33-41-38-53-56(39-42(41)37-47)63(54-30-16-13-27-48(54)49-28-14-17-31-55(49)63)57-40-58(65(45-23-9-3-10-24-45)46-25-11-4-12-26-46)52-36-35-51-50-29-15-18-32-59(50)66-62(51)61(52)60(53)57/h1-40H. The molecule has 2 aliphatic carbocycles. The Kier molecular flexibility index (Phi) is 7.90. The normalized spacial score (nSPS) is 13.0. The Bertz CT molecular complexity index is 3750. The first-order chi connectivity index (χ1) is 32.8. The van der Waals surface area contributed by atoms with Crippen molar-refractivity contribution in [1.29, 1.82) is 0 Å². The fourth-order valence-electron chi connectivity index (χ4n) is 11.5. The smallest absolute Gasteiger partial charge is 0.143 e. The second-order valence-electron chi connectivity index (χ2n) is 17.6. The largest absolute Gasteiger partial charge is 0.455 e. The van der Waals surface area contributed by atoms with Gasteiger partial charge in [-0.15, -0.1) is 0 Å². The fourth-order valence-corrected chi connectivity index (χ4v) is 11.5. The van der Waals surface area contributed by atoms with Crippen LogP contribution in [0.2, 0.25) is 0 Å². The first kappa shape index (κ1) is 36.8. The quantitative estimate of drug-likeness (QED) is 0.166. The zero-order valence-corrected chi connectivity index (χ0v) is 35.9. The van der Waals surface area contributed by atoms with E-state index in [1.165, 1.54) is 55.3 Å². The summed E-state index contributed by atoms with van der Waals surface area (Å²) >= 11 is 0. The van der Waals surface area contributed by atoms with Gasteiger partial charge in [0.05, 0.1) is 11.1 Å². The van der Waals surface area contributed by atoms with Gasteiger partial charge in [-0.1, -0.05) is 152 Å². The minimum atomic E-state index is -0.642. The molecule has 2 aliphatic rings. The van der Waals surface area contributed by atoms with Crippen molar-refractivity contribution in [3.63, 3.8) is 0 Å². The van der Waals surface area contributed by atoms with Crippen LogP contribution >= 0.6 is 0 Å². The molecule has 0 N–H and O–H groups in total. The number of hydrogen-bond acceptors (Lipinski definition) is 3. The Morgan fingerprint density at radius 2 is 0.848 bits per heavy atom. The Labute approximate surface area is 382 Å². The fraction of sp³-hybridized carbons (Fsp3) is 0.0159. The average Bonchev–Trinajstić information content (AvgIpc) is 4.01. The van der Waals surface area contributed by atoms with Gasteiger partial charge in [-0.05, 0) is 146 Å². The van der Waals surface area contributed by atoms with E-state index in [4.69, 9.17) is 4.42 Å². The van der Waals surface area contributed by atoms with Crippen molar-refractivity contribution >= 4 is 77.6 Å². The lowest BCUT2D eigenvalue weighted by atomic mass is 9.70. The molecule has 0 radical (unpaired) electrons. The Morgan fingerprint density at radius 3 is 1.47 bits per heavy atom. The van der Waals surface area contributed by atoms with Crippen LogP contribution in [0, 0.1) is 0 Å². The van der Waals surface area contributed by atoms with Crippen LogP contribution in [0.25, 0.3) is 65.7 Å². The zero-order valence-electron chi connectivity index (χ0n) is 35.9. The molecule has 1 aromatic heterocycles. The summed E-state index contributed by atoms with van der Waals surface area (Å²) in [6.45, 7) is 0. The lowest BCUT2D eigenvalue weighted by molar-refractivity contribution is 0.672. The molecule has 0 amide bonds. The molecule has 3 heteroatoms. The summed E-state index contributed by atoms with van der Waals surface area (Å²) in [5.74, 6) is 0. The van der Waals surface area contributed by atoms with Gasteiger partial charge < -0.3 is 14.2 Å². The highest BCUT2D eigenvalue weighted by Gasteiger charge is 2.53. The van der Waals surface area contributed by atoms with Gasteiger partial charge in [-0.2, -0.15) is 0 Å². The van der Waals surface area contributed by atoms with E-state index in [2.05, 4.69) is 252 Å². The van der Waals surface area contributed by atoms with E-state index in [0.717, 1.165) is 66.8 Å². The van der Waals surface area contributed by atoms with Crippen LogP contribution in [-0.2, 0) is 5.41 Å². The van der Waals surface area contributed by atoms with Crippen molar-refractivity contribution in [1.82, 2.24) is 0 Å². The van der Waals surface area contributed by atoms with Gasteiger partial charge in [0.25, 0.3) is 0 Å². The monoisotopic (exact) mass is 840 g/mol. The zero-order chi connectivity index (χ0) is 43.3. The predicted molar refractivity (Wildman–Crippen MR) is 274 cm³/mol. The first-order valence-electron chi connectivity index (χ1n) is 22.8. The number of hydrogen-bond donors (Lipinski definition) is 0. The summed E-state index contributed by atoms with van der Waals surface area (Å²) in [7, 11) is 0. The van der Waals surface area contributed by atoms with Crippen molar-refractivity contribution < 1.29 is 4.42 Å². The van der Waals surface area contributed by atoms with Gasteiger partial charge in [-0.25, -0.2) is 0 Å². The molecule has 308 valence electrons. The molecule has 0 bridgehead atoms. The number of nitrogens with zero attached hydrogens (tertiary/aromatic N) is 2. The minimum absolute atomic E-state index is 0.642. The predicted octanol–water partition coefficient (Wildman–Crippen LogP) is 17.2. The number of fused-ring (bicyclic) bond motifs is 17. The first-order valence-corrected chi connectivity index (χ1v) is 22.8. The lowest BCUT2D eigenvalue weighted by Crippen LogP contribution is -2.26. The molecule has 14 rings (SSSR count). The highest BCUT2D eigenvalue weighted by atomic mass is 16.3. The van der Waals surface area contributed by atoms with Crippen molar-refractivity contribution in [2.75, 3.05) is 9.80 Å². The summed E-state index contributed by atoms with van der Waals surface area (Å²) in [4.78, 5) is 4.79. The van der Waals surface area contributed by atoms with Crippen LogP contribution in [0.15, 0.2) is 247 Å². The Balaban J connectivity index is 1.15. The van der Waals surface area contributed by atoms with Crippen LogP contribution in [0.3, 0.4) is 0 Å². The molecule has 0 unspecified atom stereocenters. The molecule has 11 aromatic carbocycles. The van der Waals surface area contributed by atoms with Gasteiger partial charge >= 0.3 is 0 Å². The van der Waals surface area contributed by atoms with E-state index in [1.807, 2.05) is 0 Å². The summed E-state index contributed by atoms with van der Waals surface area (Å²) < 4.78 is 7.13. The third kappa shape index (κ3) is 5.14. The maximum atomic E-state index is 7.13. The van der Waals surface area contributed by atoms with Gasteiger partial charge in [0, 0.05) is 50.0 Å². The van der Waals surface area contributed by atoms with E-state index >= 15 is 0 Å². The molecule has 12 aromatic rings. The highest BCUT2D eigenvalue weighted by molar-refractivity contribution is 6.24. The van der Waals surface area contributed by atoms with Crippen molar-refractivity contribution in [2.24, 2.45) is 0 Å². The van der Waals surface area contributed by atoms with Crippen LogP contribution in [0.4, 0.5) is 34.1 Å². The van der Waals surface area contributed by atoms with Crippen molar-refractivity contribution in [3.05, 3.63) is 265 Å². The van der Waals surface area contributed by atoms with E-state index in [9.17, 15) is 0 Å². The summed E-state index contributed by atoms with van der Waals surface area (Å²) in [6.07, 6.45) is 0. The molecule has 0 aliphatic heterocycles. The van der Waals surface area contributed by atoms with Crippen LogP contribution < -0.4 is 9.80 Å². The van der Waals surface area contributed by atoms with E-state index < -0.39 is 5.41 Å². The molecule has 3 nitrogen and oxygen atoms in total. The number of rotatable bonds is 6. The van der Waals surface area contributed by atoms with E-state index in [0.29, 0.717) is 0 Å². The maximum absolute atomic E-state index is 7.13. The summed E-state index contributed by atoms with van der Waals surface area (Å²) in [5.41, 5.74) is 17.9. The van der Waals surface area contributed by atoms with Gasteiger partial charge in [0.2, 0.25) is 0 Å². The molecule has 1 heterocycles. The molecule has 0 fully saturated rings. The SMILES string of the molecule is c1ccc(N(c2ccccc2)c2ccc3cc4c(cc3c2)C2(c3ccccc3-c3ccccc32)c2cc(N(c3ccccc3)c3ccccc3)c3ccc5c6ccccc6oc5c3c2-4)cc1. The summed E-state index contributed by atoms with van der Waals surface area (Å²) in [5, 5.41) is 6.87. The highest BCUT2D eigenvalue weighted by Crippen LogP contribution is 2.66. The van der Waals surface area contributed by atoms with E-state index in [-0.39, 0.29) is 0 Å². The molecule has 0 saturated carbocycles. The number of benzene rings is 11. The lowest BCUT2D eigenvalue weighted by Gasteiger charge is -2.33. The third-order valence-electron chi connectivity index (χ3n) is 14.2. The number of furan rings is 1. The van der Waals surface area contributed by atoms with Crippen LogP contribution in [0.5, 0.6) is 0 Å². The molecule has 0 atom stereocenters. The van der Waals surface area contributed by atoms with E-state index in [1.54, 1.807) is 0 Å². The molecular weight excluding hydrogens is 801 g/mol. The topological polar surface area (TPSA) is 19.6 Å². The number of anilines is 6. The van der Waals surface area contributed by atoms with Gasteiger partial charge in [0.1, 0.15) is 11.2 Å². The van der Waals surface area contributed by atoms with Crippen LogP contribution in [-0.4, -0.2) is 0 Å². The molecule has 66 heavy (non-hydrogen) atoms. The second-order valence-corrected chi connectivity index (χ2v) is 17.6. The third-order valence-corrected chi connectivity index (χ3v) is 14.2. The van der Waals surface area contributed by atoms with Crippen LogP contribution in [0.1, 0.15) is 22.3 Å². The van der Waals surface area contributed by atoms with Gasteiger partial charge in [-0.3, -0.25) is 0 Å².